The summed E-state index contributed by atoms with van der Waals surface area (Å²) in [6.45, 7) is 18.1. The summed E-state index contributed by atoms with van der Waals surface area (Å²) in [6, 6.07) is 0.510. The van der Waals surface area contributed by atoms with Crippen LogP contribution in [0.3, 0.4) is 0 Å². The van der Waals surface area contributed by atoms with Crippen LogP contribution < -0.4 is 0 Å². The van der Waals surface area contributed by atoms with Crippen LogP contribution in [0.4, 0.5) is 4.79 Å². The Kier molecular flexibility index (Phi) is 7.92. The van der Waals surface area contributed by atoms with Crippen LogP contribution in [0.15, 0.2) is 0 Å². The average molecular weight is 385 g/mol. The minimum Gasteiger partial charge on any atom is -0.444 e. The van der Waals surface area contributed by atoms with Crippen molar-refractivity contribution >= 4 is 6.09 Å². The van der Waals surface area contributed by atoms with Gasteiger partial charge in [-0.2, -0.15) is 0 Å². The maximum atomic E-state index is 12.3. The van der Waals surface area contributed by atoms with Gasteiger partial charge in [0, 0.05) is 51.9 Å². The first-order valence-electron chi connectivity index (χ1n) is 10.5. The number of ether oxygens (including phenoxy) is 1. The fourth-order valence-electron chi connectivity index (χ4n) is 3.89. The van der Waals surface area contributed by atoms with Crippen molar-refractivity contribution in [3.63, 3.8) is 0 Å². The third-order valence-corrected chi connectivity index (χ3v) is 5.27. The summed E-state index contributed by atoms with van der Waals surface area (Å²) in [7, 11) is 0. The number of carbonyl (C=O) groups excluding carboxylic acids is 1. The number of hydrogen-bond donors (Lipinski definition) is 1. The van der Waals surface area contributed by atoms with Crippen molar-refractivity contribution in [1.29, 1.82) is 0 Å². The molecular formula is C20H40N4O3. The van der Waals surface area contributed by atoms with E-state index in [1.807, 2.05) is 32.6 Å². The first kappa shape index (κ1) is 22.4. The number of rotatable bonds is 5. The van der Waals surface area contributed by atoms with Crippen molar-refractivity contribution in [1.82, 2.24) is 19.8 Å². The molecule has 2 rings (SSSR count). The number of likely N-dealkylation sites (tertiary alicyclic amines) is 1. The summed E-state index contributed by atoms with van der Waals surface area (Å²) in [5.41, 5.74) is -0.449. The van der Waals surface area contributed by atoms with Crippen LogP contribution in [-0.2, 0) is 4.74 Å². The van der Waals surface area contributed by atoms with Gasteiger partial charge in [0.1, 0.15) is 11.8 Å². The van der Waals surface area contributed by atoms with E-state index in [9.17, 15) is 9.90 Å². The highest BCUT2D eigenvalue weighted by Gasteiger charge is 2.33. The minimum absolute atomic E-state index is 0.206. The van der Waals surface area contributed by atoms with Gasteiger partial charge in [-0.05, 0) is 46.5 Å². The fourth-order valence-corrected chi connectivity index (χ4v) is 3.89. The second-order valence-corrected chi connectivity index (χ2v) is 9.34. The van der Waals surface area contributed by atoms with Gasteiger partial charge >= 0.3 is 6.09 Å². The number of amides is 1. The van der Waals surface area contributed by atoms with E-state index in [0.29, 0.717) is 25.0 Å². The van der Waals surface area contributed by atoms with Crippen molar-refractivity contribution in [3.05, 3.63) is 0 Å². The molecule has 0 radical (unpaired) electrons. The number of aliphatic hydroxyl groups is 1. The van der Waals surface area contributed by atoms with E-state index in [1.54, 1.807) is 0 Å². The Morgan fingerprint density at radius 2 is 1.63 bits per heavy atom. The van der Waals surface area contributed by atoms with E-state index in [2.05, 4.69) is 28.8 Å². The summed E-state index contributed by atoms with van der Waals surface area (Å²) in [5, 5.41) is 14.8. The summed E-state index contributed by atoms with van der Waals surface area (Å²) < 4.78 is 5.51. The Balaban J connectivity index is 1.92. The highest BCUT2D eigenvalue weighted by atomic mass is 16.6. The molecule has 2 fully saturated rings. The first-order chi connectivity index (χ1) is 12.6. The monoisotopic (exact) mass is 384 g/mol. The van der Waals surface area contributed by atoms with Gasteiger partial charge in [0.2, 0.25) is 0 Å². The van der Waals surface area contributed by atoms with Crippen LogP contribution in [0.2, 0.25) is 0 Å². The van der Waals surface area contributed by atoms with Crippen molar-refractivity contribution in [2.45, 2.75) is 72.3 Å². The van der Waals surface area contributed by atoms with Gasteiger partial charge in [0.15, 0.2) is 0 Å². The first-order valence-corrected chi connectivity index (χ1v) is 10.5. The molecule has 2 aliphatic heterocycles. The lowest BCUT2D eigenvalue weighted by atomic mass is 10.0. The molecule has 1 N–H and O–H groups in total. The van der Waals surface area contributed by atoms with Crippen LogP contribution in [0.5, 0.6) is 0 Å². The van der Waals surface area contributed by atoms with Crippen LogP contribution >= 0.6 is 0 Å². The summed E-state index contributed by atoms with van der Waals surface area (Å²) in [5.74, 6) is 0.587. The highest BCUT2D eigenvalue weighted by molar-refractivity contribution is 5.68. The Morgan fingerprint density at radius 3 is 2.07 bits per heavy atom. The van der Waals surface area contributed by atoms with E-state index < -0.39 is 5.60 Å². The third-order valence-electron chi connectivity index (χ3n) is 5.27. The van der Waals surface area contributed by atoms with Crippen molar-refractivity contribution in [2.75, 3.05) is 45.8 Å². The molecule has 1 atom stereocenters. The quantitative estimate of drug-likeness (QED) is 0.784. The Hall–Kier alpha value is -0.890. The molecule has 7 heteroatoms. The molecule has 2 saturated heterocycles. The van der Waals surface area contributed by atoms with Gasteiger partial charge < -0.3 is 14.7 Å². The lowest BCUT2D eigenvalue weighted by molar-refractivity contribution is -0.113. The predicted octanol–water partition coefficient (Wildman–Crippen LogP) is 2.21. The molecule has 0 bridgehead atoms. The van der Waals surface area contributed by atoms with Crippen molar-refractivity contribution in [3.8, 4) is 0 Å². The SMILES string of the molecule is CC(C)CN(C1CCN(C(C)O)CC1)N1CCN(C(=O)OC(C)(C)C)CC1. The van der Waals surface area contributed by atoms with Crippen LogP contribution in [0.25, 0.3) is 0 Å². The molecule has 0 aromatic heterocycles. The molecule has 27 heavy (non-hydrogen) atoms. The molecule has 0 aromatic rings. The average Bonchev–Trinajstić information content (AvgIpc) is 2.58. The Morgan fingerprint density at radius 1 is 1.07 bits per heavy atom. The molecule has 0 spiro atoms. The number of hydrogen-bond acceptors (Lipinski definition) is 6. The molecule has 2 heterocycles. The second kappa shape index (κ2) is 9.54. The molecule has 2 aliphatic rings. The van der Waals surface area contributed by atoms with Gasteiger partial charge in [-0.25, -0.2) is 14.8 Å². The zero-order valence-corrected chi connectivity index (χ0v) is 18.1. The third kappa shape index (κ3) is 6.89. The lowest BCUT2D eigenvalue weighted by Crippen LogP contribution is -2.60. The van der Waals surface area contributed by atoms with Crippen LogP contribution in [0, 0.1) is 5.92 Å². The maximum absolute atomic E-state index is 12.3. The topological polar surface area (TPSA) is 59.5 Å². The molecule has 0 saturated carbocycles. The second-order valence-electron chi connectivity index (χ2n) is 9.34. The molecule has 0 aromatic carbocycles. The number of piperazine rings is 1. The fraction of sp³-hybridized carbons (Fsp3) is 0.950. The zero-order chi connectivity index (χ0) is 20.2. The number of aliphatic hydroxyl groups excluding tert-OH is 1. The summed E-state index contributed by atoms with van der Waals surface area (Å²) in [4.78, 5) is 16.3. The lowest BCUT2D eigenvalue weighted by Gasteiger charge is -2.47. The van der Waals surface area contributed by atoms with Crippen LogP contribution in [-0.4, -0.2) is 94.7 Å². The summed E-state index contributed by atoms with van der Waals surface area (Å²) >= 11 is 0. The van der Waals surface area contributed by atoms with E-state index in [-0.39, 0.29) is 12.3 Å². The molecule has 7 nitrogen and oxygen atoms in total. The number of carbonyl (C=O) groups is 1. The number of hydrazine groups is 1. The molecule has 158 valence electrons. The predicted molar refractivity (Wildman–Crippen MR) is 107 cm³/mol. The maximum Gasteiger partial charge on any atom is 0.410 e. The van der Waals surface area contributed by atoms with Gasteiger partial charge in [0.05, 0.1) is 0 Å². The normalized spacial score (nSPS) is 22.5. The Bertz CT molecular complexity index is 462. The zero-order valence-electron chi connectivity index (χ0n) is 18.1. The minimum atomic E-state index is -0.449. The van der Waals surface area contributed by atoms with Gasteiger partial charge in [0.25, 0.3) is 0 Å². The molecule has 0 aliphatic carbocycles. The Labute approximate surface area is 165 Å². The van der Waals surface area contributed by atoms with Gasteiger partial charge in [-0.3, -0.25) is 4.90 Å². The van der Waals surface area contributed by atoms with Crippen LogP contribution in [0.1, 0.15) is 54.4 Å². The number of nitrogens with zero attached hydrogens (tertiary/aromatic N) is 4. The van der Waals surface area contributed by atoms with E-state index >= 15 is 0 Å². The van der Waals surface area contributed by atoms with Gasteiger partial charge in [-0.15, -0.1) is 0 Å². The van der Waals surface area contributed by atoms with E-state index in [4.69, 9.17) is 4.74 Å². The highest BCUT2D eigenvalue weighted by Crippen LogP contribution is 2.22. The van der Waals surface area contributed by atoms with Crippen molar-refractivity contribution in [2.24, 2.45) is 5.92 Å². The van der Waals surface area contributed by atoms with E-state index in [1.165, 1.54) is 0 Å². The standard InChI is InChI=1S/C20H40N4O3/c1-16(2)15-24(18-7-9-21(10-8-18)17(3)25)23-13-11-22(12-14-23)19(26)27-20(4,5)6/h16-18,25H,7-15H2,1-6H3. The summed E-state index contributed by atoms with van der Waals surface area (Å²) in [6.07, 6.45) is 1.58. The molecule has 1 amide bonds. The van der Waals surface area contributed by atoms with E-state index in [0.717, 1.165) is 45.6 Å². The molecule has 1 unspecified atom stereocenters. The van der Waals surface area contributed by atoms with Gasteiger partial charge in [-0.1, -0.05) is 13.8 Å². The largest absolute Gasteiger partial charge is 0.444 e. The number of piperidine rings is 1. The smallest absolute Gasteiger partial charge is 0.410 e. The van der Waals surface area contributed by atoms with Crippen molar-refractivity contribution < 1.29 is 14.6 Å². The molecular weight excluding hydrogens is 344 g/mol.